The first-order valence-corrected chi connectivity index (χ1v) is 5.82. The first-order chi connectivity index (χ1) is 9.72. The van der Waals surface area contributed by atoms with Crippen LogP contribution in [0.2, 0.25) is 0 Å². The molecule has 2 N–H and O–H groups in total. The zero-order chi connectivity index (χ0) is 13.9. The summed E-state index contributed by atoms with van der Waals surface area (Å²) in [6.07, 6.45) is 0. The fourth-order valence-electron chi connectivity index (χ4n) is 1.69. The number of hydrogen-bond donors (Lipinski definition) is 2. The van der Waals surface area contributed by atoms with Gasteiger partial charge in [0.2, 0.25) is 0 Å². The minimum Gasteiger partial charge on any atom is -0.268 e. The number of aromatic nitrogens is 5. The number of H-pyrrole nitrogens is 2. The van der Waals surface area contributed by atoms with Crippen LogP contribution in [-0.2, 0) is 0 Å². The molecule has 0 aliphatic rings. The van der Waals surface area contributed by atoms with Crippen molar-refractivity contribution in [1.82, 2.24) is 25.4 Å². The van der Waals surface area contributed by atoms with E-state index >= 15 is 0 Å². The van der Waals surface area contributed by atoms with Crippen molar-refractivity contribution in [3.8, 4) is 22.8 Å². The predicted molar refractivity (Wildman–Crippen MR) is 71.9 cm³/mol. The number of rotatable bonds is 2. The van der Waals surface area contributed by atoms with Gasteiger partial charge in [-0.15, -0.1) is 0 Å². The highest BCUT2D eigenvalue weighted by molar-refractivity contribution is 5.60. The van der Waals surface area contributed by atoms with Crippen molar-refractivity contribution in [2.24, 2.45) is 0 Å². The molecule has 7 nitrogen and oxygen atoms in total. The second-order valence-electron chi connectivity index (χ2n) is 4.02. The Morgan fingerprint density at radius 1 is 0.650 bits per heavy atom. The van der Waals surface area contributed by atoms with Gasteiger partial charge in [-0.1, -0.05) is 6.07 Å². The Hall–Kier alpha value is -3.09. The molecule has 0 saturated heterocycles. The van der Waals surface area contributed by atoms with Crippen molar-refractivity contribution in [3.05, 3.63) is 63.2 Å². The zero-order valence-corrected chi connectivity index (χ0v) is 10.2. The van der Waals surface area contributed by atoms with E-state index in [1.54, 1.807) is 30.3 Å². The van der Waals surface area contributed by atoms with Crippen molar-refractivity contribution < 1.29 is 0 Å². The highest BCUT2D eigenvalue weighted by Gasteiger charge is 2.05. The molecule has 0 amide bonds. The Labute approximate surface area is 112 Å². The molecule has 3 rings (SSSR count). The number of pyridine rings is 1. The quantitative estimate of drug-likeness (QED) is 0.706. The van der Waals surface area contributed by atoms with E-state index in [9.17, 15) is 9.59 Å². The van der Waals surface area contributed by atoms with Crippen LogP contribution in [-0.4, -0.2) is 25.4 Å². The smallest absolute Gasteiger partial charge is 0.264 e. The van der Waals surface area contributed by atoms with Crippen LogP contribution in [0.5, 0.6) is 0 Å². The van der Waals surface area contributed by atoms with Crippen molar-refractivity contribution in [3.63, 3.8) is 0 Å². The van der Waals surface area contributed by atoms with E-state index in [-0.39, 0.29) is 11.1 Å². The summed E-state index contributed by atoms with van der Waals surface area (Å²) in [5.74, 6) is 0. The average Bonchev–Trinajstić information content (AvgIpc) is 2.49. The summed E-state index contributed by atoms with van der Waals surface area (Å²) < 4.78 is 0. The van der Waals surface area contributed by atoms with Crippen LogP contribution in [0.25, 0.3) is 22.8 Å². The van der Waals surface area contributed by atoms with Gasteiger partial charge in [-0.25, -0.2) is 15.2 Å². The summed E-state index contributed by atoms with van der Waals surface area (Å²) in [5, 5.41) is 12.6. The Morgan fingerprint density at radius 2 is 1.15 bits per heavy atom. The Kier molecular flexibility index (Phi) is 2.92. The summed E-state index contributed by atoms with van der Waals surface area (Å²) in [6, 6.07) is 11.3. The maximum Gasteiger partial charge on any atom is 0.264 e. The van der Waals surface area contributed by atoms with Gasteiger partial charge in [0.15, 0.2) is 0 Å². The molecule has 0 saturated carbocycles. The van der Waals surface area contributed by atoms with Gasteiger partial charge < -0.3 is 0 Å². The fraction of sp³-hybridized carbons (Fsp3) is 0. The van der Waals surface area contributed by atoms with Crippen molar-refractivity contribution in [1.29, 1.82) is 0 Å². The minimum absolute atomic E-state index is 0.271. The second kappa shape index (κ2) is 4.88. The monoisotopic (exact) mass is 267 g/mol. The van der Waals surface area contributed by atoms with E-state index in [0.717, 1.165) is 0 Å². The largest absolute Gasteiger partial charge is 0.268 e. The van der Waals surface area contributed by atoms with Crippen LogP contribution in [0.3, 0.4) is 0 Å². The third-order valence-corrected chi connectivity index (χ3v) is 2.63. The average molecular weight is 267 g/mol. The Bertz CT molecular complexity index is 759. The van der Waals surface area contributed by atoms with Crippen molar-refractivity contribution in [2.75, 3.05) is 0 Å². The molecule has 0 fully saturated rings. The van der Waals surface area contributed by atoms with Gasteiger partial charge >= 0.3 is 0 Å². The van der Waals surface area contributed by atoms with E-state index in [1.165, 1.54) is 12.1 Å². The van der Waals surface area contributed by atoms with Crippen LogP contribution in [0.15, 0.2) is 52.1 Å². The van der Waals surface area contributed by atoms with Crippen molar-refractivity contribution in [2.45, 2.75) is 0 Å². The standard InChI is InChI=1S/C13H9N5O2/c19-12-6-4-10(15-17-12)8-2-1-3-9(14-8)11-5-7-13(20)18-16-11/h1-7H,(H,17,19)(H,18,20). The summed E-state index contributed by atoms with van der Waals surface area (Å²) in [7, 11) is 0. The number of nitrogens with zero attached hydrogens (tertiary/aromatic N) is 3. The molecule has 3 aromatic heterocycles. The molecular weight excluding hydrogens is 258 g/mol. The third kappa shape index (κ3) is 2.37. The van der Waals surface area contributed by atoms with Gasteiger partial charge in [0, 0.05) is 12.1 Å². The molecule has 7 heteroatoms. The lowest BCUT2D eigenvalue weighted by atomic mass is 10.2. The van der Waals surface area contributed by atoms with Gasteiger partial charge in [-0.05, 0) is 24.3 Å². The number of aromatic amines is 2. The van der Waals surface area contributed by atoms with E-state index in [0.29, 0.717) is 22.8 Å². The highest BCUT2D eigenvalue weighted by atomic mass is 16.1. The molecule has 0 atom stereocenters. The Balaban J connectivity index is 2.05. The van der Waals surface area contributed by atoms with Gasteiger partial charge in [-0.2, -0.15) is 10.2 Å². The molecule has 98 valence electrons. The third-order valence-electron chi connectivity index (χ3n) is 2.63. The van der Waals surface area contributed by atoms with Gasteiger partial charge in [0.25, 0.3) is 11.1 Å². The lowest BCUT2D eigenvalue weighted by molar-refractivity contribution is 0.980. The normalized spacial score (nSPS) is 10.4. The van der Waals surface area contributed by atoms with E-state index in [1.807, 2.05) is 0 Å². The maximum atomic E-state index is 11.0. The van der Waals surface area contributed by atoms with Gasteiger partial charge in [-0.3, -0.25) is 9.59 Å². The molecule has 3 heterocycles. The van der Waals surface area contributed by atoms with E-state index in [2.05, 4.69) is 25.4 Å². The molecule has 3 aromatic rings. The van der Waals surface area contributed by atoms with Gasteiger partial charge in [0.05, 0.1) is 11.4 Å². The molecule has 0 aromatic carbocycles. The first kappa shape index (κ1) is 12.0. The van der Waals surface area contributed by atoms with E-state index < -0.39 is 0 Å². The van der Waals surface area contributed by atoms with Gasteiger partial charge in [0.1, 0.15) is 11.4 Å². The molecule has 0 aliphatic carbocycles. The van der Waals surface area contributed by atoms with Crippen LogP contribution < -0.4 is 11.1 Å². The van der Waals surface area contributed by atoms with Crippen LogP contribution in [0.1, 0.15) is 0 Å². The molecule has 0 spiro atoms. The first-order valence-electron chi connectivity index (χ1n) is 5.82. The lowest BCUT2D eigenvalue weighted by Gasteiger charge is -2.02. The molecule has 20 heavy (non-hydrogen) atoms. The van der Waals surface area contributed by atoms with E-state index in [4.69, 9.17) is 0 Å². The maximum absolute atomic E-state index is 11.0. The van der Waals surface area contributed by atoms with Crippen LogP contribution >= 0.6 is 0 Å². The minimum atomic E-state index is -0.271. The number of nitrogens with one attached hydrogen (secondary N) is 2. The highest BCUT2D eigenvalue weighted by Crippen LogP contribution is 2.17. The lowest BCUT2D eigenvalue weighted by Crippen LogP contribution is -2.07. The molecule has 0 bridgehead atoms. The molecule has 0 unspecified atom stereocenters. The predicted octanol–water partition coefficient (Wildman–Crippen LogP) is 0.582. The second-order valence-corrected chi connectivity index (χ2v) is 4.02. The van der Waals surface area contributed by atoms with Crippen molar-refractivity contribution >= 4 is 0 Å². The van der Waals surface area contributed by atoms with Crippen LogP contribution in [0.4, 0.5) is 0 Å². The molecule has 0 radical (unpaired) electrons. The molecule has 0 aliphatic heterocycles. The van der Waals surface area contributed by atoms with Crippen LogP contribution in [0, 0.1) is 0 Å². The zero-order valence-electron chi connectivity index (χ0n) is 10.2. The summed E-state index contributed by atoms with van der Waals surface area (Å²) in [4.78, 5) is 26.4. The topological polar surface area (TPSA) is 104 Å². The summed E-state index contributed by atoms with van der Waals surface area (Å²) >= 11 is 0. The summed E-state index contributed by atoms with van der Waals surface area (Å²) in [5.41, 5.74) is 1.77. The summed E-state index contributed by atoms with van der Waals surface area (Å²) in [6.45, 7) is 0. The fourth-order valence-corrected chi connectivity index (χ4v) is 1.69. The molecular formula is C13H9N5O2. The SMILES string of the molecule is O=c1ccc(-c2cccc(-c3ccc(=O)[nH]n3)n2)n[nH]1. The Morgan fingerprint density at radius 3 is 1.55 bits per heavy atom. The number of hydrogen-bond acceptors (Lipinski definition) is 5.